The molecule has 0 bridgehead atoms. The van der Waals surface area contributed by atoms with Crippen molar-refractivity contribution in [1.82, 2.24) is 15.5 Å². The molecule has 0 saturated carbocycles. The number of aryl methyl sites for hydroxylation is 1. The van der Waals surface area contributed by atoms with Gasteiger partial charge in [-0.3, -0.25) is 4.90 Å². The van der Waals surface area contributed by atoms with Crippen molar-refractivity contribution < 1.29 is 4.74 Å². The van der Waals surface area contributed by atoms with Crippen LogP contribution in [0.4, 0.5) is 0 Å². The lowest BCUT2D eigenvalue weighted by molar-refractivity contribution is 0.0375. The van der Waals surface area contributed by atoms with Gasteiger partial charge in [0.05, 0.1) is 13.2 Å². The first kappa shape index (κ1) is 17.8. The minimum absolute atomic E-state index is 0.0390. The van der Waals surface area contributed by atoms with Crippen LogP contribution in [-0.2, 0) is 4.74 Å². The van der Waals surface area contributed by atoms with Crippen molar-refractivity contribution in [3.63, 3.8) is 0 Å². The Bertz CT molecular complexity index is 649. The first-order chi connectivity index (χ1) is 12.1. The van der Waals surface area contributed by atoms with Crippen molar-refractivity contribution in [2.45, 2.75) is 26.3 Å². The second-order valence-electron chi connectivity index (χ2n) is 6.69. The minimum atomic E-state index is -0.0390. The fourth-order valence-corrected chi connectivity index (χ4v) is 3.26. The third-order valence-electron chi connectivity index (χ3n) is 4.90. The van der Waals surface area contributed by atoms with Gasteiger partial charge in [0.15, 0.2) is 5.96 Å². The van der Waals surface area contributed by atoms with Gasteiger partial charge in [0, 0.05) is 19.6 Å². The van der Waals surface area contributed by atoms with Crippen molar-refractivity contribution in [3.8, 4) is 0 Å². The van der Waals surface area contributed by atoms with Crippen LogP contribution in [0.3, 0.4) is 0 Å². The molecule has 3 rings (SSSR count). The smallest absolute Gasteiger partial charge is 0.195 e. The topological polar surface area (TPSA) is 74.9 Å². The van der Waals surface area contributed by atoms with Crippen LogP contribution in [0.15, 0.2) is 35.1 Å². The molecule has 1 fully saturated rings. The SMILES string of the molecule is Cc1cccc(C2C=C(NCCCN3CCOCC3)NC(N)=N2)c1C. The lowest BCUT2D eigenvalue weighted by atomic mass is 9.97. The second-order valence-corrected chi connectivity index (χ2v) is 6.69. The Morgan fingerprint density at radius 2 is 2.12 bits per heavy atom. The van der Waals surface area contributed by atoms with Crippen LogP contribution in [0.5, 0.6) is 0 Å². The molecule has 2 aliphatic rings. The molecule has 1 aromatic rings. The van der Waals surface area contributed by atoms with Gasteiger partial charge in [-0.05, 0) is 49.6 Å². The van der Waals surface area contributed by atoms with E-state index >= 15 is 0 Å². The molecule has 1 saturated heterocycles. The van der Waals surface area contributed by atoms with E-state index in [-0.39, 0.29) is 6.04 Å². The third kappa shape index (κ3) is 4.74. The third-order valence-corrected chi connectivity index (χ3v) is 4.90. The zero-order valence-corrected chi connectivity index (χ0v) is 15.2. The van der Waals surface area contributed by atoms with Crippen molar-refractivity contribution >= 4 is 5.96 Å². The summed E-state index contributed by atoms with van der Waals surface area (Å²) in [5.74, 6) is 1.41. The number of guanidine groups is 1. The van der Waals surface area contributed by atoms with Crippen molar-refractivity contribution in [2.75, 3.05) is 39.4 Å². The summed E-state index contributed by atoms with van der Waals surface area (Å²) in [7, 11) is 0. The van der Waals surface area contributed by atoms with E-state index in [1.807, 2.05) is 0 Å². The Balaban J connectivity index is 1.56. The van der Waals surface area contributed by atoms with Crippen LogP contribution < -0.4 is 16.4 Å². The highest BCUT2D eigenvalue weighted by Crippen LogP contribution is 2.26. The fraction of sp³-hybridized carbons (Fsp3) is 0.526. The maximum Gasteiger partial charge on any atom is 0.195 e. The van der Waals surface area contributed by atoms with Gasteiger partial charge < -0.3 is 21.1 Å². The lowest BCUT2D eigenvalue weighted by Crippen LogP contribution is -2.41. The Labute approximate surface area is 150 Å². The van der Waals surface area contributed by atoms with E-state index in [1.165, 1.54) is 16.7 Å². The summed E-state index contributed by atoms with van der Waals surface area (Å²) in [5, 5.41) is 6.59. The molecule has 0 amide bonds. The fourth-order valence-electron chi connectivity index (χ4n) is 3.26. The number of benzene rings is 1. The highest BCUT2D eigenvalue weighted by atomic mass is 16.5. The van der Waals surface area contributed by atoms with E-state index in [0.717, 1.165) is 51.6 Å². The van der Waals surface area contributed by atoms with Gasteiger partial charge in [0.2, 0.25) is 0 Å². The first-order valence-corrected chi connectivity index (χ1v) is 9.05. The van der Waals surface area contributed by atoms with E-state index in [1.54, 1.807) is 0 Å². The Morgan fingerprint density at radius 1 is 1.32 bits per heavy atom. The maximum absolute atomic E-state index is 6.00. The normalized spacial score (nSPS) is 21.3. The molecule has 1 atom stereocenters. The largest absolute Gasteiger partial charge is 0.379 e. The van der Waals surface area contributed by atoms with Gasteiger partial charge in [-0.1, -0.05) is 18.2 Å². The first-order valence-electron chi connectivity index (χ1n) is 9.05. The lowest BCUT2D eigenvalue weighted by Gasteiger charge is -2.27. The molecule has 25 heavy (non-hydrogen) atoms. The summed E-state index contributed by atoms with van der Waals surface area (Å²) in [6.45, 7) is 10.0. The van der Waals surface area contributed by atoms with Gasteiger partial charge >= 0.3 is 0 Å². The highest BCUT2D eigenvalue weighted by molar-refractivity contribution is 5.81. The van der Waals surface area contributed by atoms with Gasteiger partial charge in [0.1, 0.15) is 11.9 Å². The molecule has 4 N–H and O–H groups in total. The highest BCUT2D eigenvalue weighted by Gasteiger charge is 2.17. The number of morpholine rings is 1. The minimum Gasteiger partial charge on any atom is -0.379 e. The summed E-state index contributed by atoms with van der Waals surface area (Å²) < 4.78 is 5.38. The average Bonchev–Trinajstić information content (AvgIpc) is 2.61. The quantitative estimate of drug-likeness (QED) is 0.681. The summed E-state index contributed by atoms with van der Waals surface area (Å²) in [4.78, 5) is 7.00. The summed E-state index contributed by atoms with van der Waals surface area (Å²) >= 11 is 0. The standard InChI is InChI=1S/C19H29N5O/c1-14-5-3-6-16(15(14)2)17-13-18(23-19(20)22-17)21-7-4-8-24-9-11-25-12-10-24/h3,5-6,13,17,21H,4,7-12H2,1-2H3,(H3,20,22,23). The summed E-state index contributed by atoms with van der Waals surface area (Å²) in [5.41, 5.74) is 9.75. The van der Waals surface area contributed by atoms with Crippen LogP contribution in [0.25, 0.3) is 0 Å². The number of hydrogen-bond acceptors (Lipinski definition) is 6. The summed E-state index contributed by atoms with van der Waals surface area (Å²) in [6, 6.07) is 6.29. The number of ether oxygens (including phenoxy) is 1. The van der Waals surface area contributed by atoms with Crippen molar-refractivity contribution in [3.05, 3.63) is 46.8 Å². The van der Waals surface area contributed by atoms with Gasteiger partial charge in [-0.25, -0.2) is 4.99 Å². The zero-order valence-electron chi connectivity index (χ0n) is 15.2. The summed E-state index contributed by atoms with van der Waals surface area (Å²) in [6.07, 6.45) is 3.21. The maximum atomic E-state index is 6.00. The molecular weight excluding hydrogens is 314 g/mol. The van der Waals surface area contributed by atoms with Crippen LogP contribution in [0.2, 0.25) is 0 Å². The Morgan fingerprint density at radius 3 is 2.92 bits per heavy atom. The Hall–Kier alpha value is -2.05. The monoisotopic (exact) mass is 343 g/mol. The molecular formula is C19H29N5O. The van der Waals surface area contributed by atoms with E-state index in [2.05, 4.69) is 58.6 Å². The molecule has 2 aliphatic heterocycles. The molecule has 1 unspecified atom stereocenters. The van der Waals surface area contributed by atoms with E-state index in [4.69, 9.17) is 10.5 Å². The predicted molar refractivity (Wildman–Crippen MR) is 101 cm³/mol. The zero-order chi connectivity index (χ0) is 17.6. The van der Waals surface area contributed by atoms with E-state index < -0.39 is 0 Å². The average molecular weight is 343 g/mol. The van der Waals surface area contributed by atoms with Crippen molar-refractivity contribution in [1.29, 1.82) is 0 Å². The van der Waals surface area contributed by atoms with Crippen LogP contribution in [0.1, 0.15) is 29.2 Å². The molecule has 2 heterocycles. The van der Waals surface area contributed by atoms with Crippen LogP contribution in [0, 0.1) is 13.8 Å². The van der Waals surface area contributed by atoms with Crippen LogP contribution >= 0.6 is 0 Å². The Kier molecular flexibility index (Phi) is 5.94. The molecule has 0 aromatic heterocycles. The van der Waals surface area contributed by atoms with Gasteiger partial charge in [-0.2, -0.15) is 0 Å². The molecule has 0 radical (unpaired) electrons. The molecule has 136 valence electrons. The molecule has 6 nitrogen and oxygen atoms in total. The van der Waals surface area contributed by atoms with Crippen LogP contribution in [-0.4, -0.2) is 50.3 Å². The number of nitrogens with one attached hydrogen (secondary N) is 2. The molecule has 6 heteroatoms. The number of rotatable bonds is 6. The molecule has 1 aromatic carbocycles. The second kappa shape index (κ2) is 8.36. The number of nitrogens with zero attached hydrogens (tertiary/aromatic N) is 2. The molecule has 0 aliphatic carbocycles. The van der Waals surface area contributed by atoms with Crippen molar-refractivity contribution in [2.24, 2.45) is 10.7 Å². The van der Waals surface area contributed by atoms with Gasteiger partial charge in [0.25, 0.3) is 0 Å². The predicted octanol–water partition coefficient (Wildman–Crippen LogP) is 1.42. The number of aliphatic imine (C=N–C) groups is 1. The van der Waals surface area contributed by atoms with E-state index in [9.17, 15) is 0 Å². The number of hydrogen-bond donors (Lipinski definition) is 3. The van der Waals surface area contributed by atoms with Gasteiger partial charge in [-0.15, -0.1) is 0 Å². The number of nitrogens with two attached hydrogens (primary N) is 1. The van der Waals surface area contributed by atoms with E-state index in [0.29, 0.717) is 5.96 Å². The molecule has 0 spiro atoms.